The molecule has 0 saturated carbocycles. The Bertz CT molecular complexity index is 3200. The minimum atomic E-state index is -4.84. The number of carbonyl (C=O) groups excluding carboxylic acids is 2. The molecule has 0 bridgehead atoms. The summed E-state index contributed by atoms with van der Waals surface area (Å²) in [7, 11) is 1.88. The topological polar surface area (TPSA) is 261 Å². The molecule has 0 radical (unpaired) electrons. The number of benzene rings is 4. The van der Waals surface area contributed by atoms with E-state index in [9.17, 15) is 22.8 Å². The minimum Gasteiger partial charge on any atom is -0.493 e. The molecule has 0 fully saturated rings. The third-order valence-electron chi connectivity index (χ3n) is 12.4. The second-order valence-electron chi connectivity index (χ2n) is 17.0. The smallest absolute Gasteiger partial charge is 0.347 e. The zero-order valence-electron chi connectivity index (χ0n) is 39.7. The van der Waals surface area contributed by atoms with Gasteiger partial charge in [-0.05, 0) is 99.3 Å². The van der Waals surface area contributed by atoms with E-state index in [1.54, 1.807) is 36.5 Å². The summed E-state index contributed by atoms with van der Waals surface area (Å²) in [5.41, 5.74) is 12.9. The summed E-state index contributed by atoms with van der Waals surface area (Å²) < 4.78 is 57.8. The zero-order valence-corrected chi connectivity index (χ0v) is 40.5. The monoisotopic (exact) mass is 973 g/mol. The summed E-state index contributed by atoms with van der Waals surface area (Å²) >= 11 is 0. The maximum absolute atomic E-state index is 14.3. The molecule has 0 aliphatic carbocycles. The van der Waals surface area contributed by atoms with Crippen molar-refractivity contribution in [2.75, 3.05) is 75.8 Å². The third kappa shape index (κ3) is 9.21. The van der Waals surface area contributed by atoms with Gasteiger partial charge < -0.3 is 49.9 Å². The Morgan fingerprint density at radius 3 is 2.27 bits per heavy atom. The van der Waals surface area contributed by atoms with Crippen molar-refractivity contribution in [1.82, 2.24) is 19.6 Å². The van der Waals surface area contributed by atoms with Gasteiger partial charge in [0.05, 0.1) is 20.8 Å². The van der Waals surface area contributed by atoms with Crippen LogP contribution in [0, 0.1) is 0 Å². The van der Waals surface area contributed by atoms with Crippen molar-refractivity contribution in [2.24, 2.45) is 5.14 Å². The molecule has 1 unspecified atom stereocenters. The van der Waals surface area contributed by atoms with Crippen LogP contribution in [0.2, 0.25) is 0 Å². The molecule has 4 heterocycles. The highest BCUT2D eigenvalue weighted by atomic mass is 32.2. The van der Waals surface area contributed by atoms with E-state index < -0.39 is 33.2 Å². The number of nitrogens with one attached hydrogen (secondary N) is 1. The van der Waals surface area contributed by atoms with Crippen LogP contribution >= 0.6 is 0 Å². The summed E-state index contributed by atoms with van der Waals surface area (Å²) in [6.45, 7) is 6.17. The highest BCUT2D eigenvalue weighted by molar-refractivity contribution is 7.87. The molecule has 8 rings (SSSR count). The van der Waals surface area contributed by atoms with Gasteiger partial charge in [-0.1, -0.05) is 6.07 Å². The van der Waals surface area contributed by atoms with Crippen LogP contribution in [0.3, 0.4) is 0 Å². The highest BCUT2D eigenvalue weighted by Gasteiger charge is 2.57. The predicted octanol–water partition coefficient (Wildman–Crippen LogP) is 5.58. The lowest BCUT2D eigenvalue weighted by atomic mass is 9.80. The van der Waals surface area contributed by atoms with Crippen LogP contribution in [0.5, 0.6) is 23.0 Å². The van der Waals surface area contributed by atoms with Gasteiger partial charge >= 0.3 is 15.8 Å². The number of aromatic nitrogens is 2. The van der Waals surface area contributed by atoms with Crippen LogP contribution in [0.15, 0.2) is 94.3 Å². The van der Waals surface area contributed by atoms with Crippen LogP contribution in [0.4, 0.5) is 23.1 Å². The molecule has 1 atom stereocenters. The summed E-state index contributed by atoms with van der Waals surface area (Å²) in [5, 5.41) is 9.44. The molecule has 4 aromatic carbocycles. The Balaban J connectivity index is 1.03. The van der Waals surface area contributed by atoms with E-state index >= 15 is 0 Å². The molecule has 2 aromatic heterocycles. The van der Waals surface area contributed by atoms with Crippen molar-refractivity contribution in [2.45, 2.75) is 45.1 Å². The molecule has 2 amide bonds. The number of fused-ring (bicyclic) bond motifs is 5. The third-order valence-corrected chi connectivity index (χ3v) is 13.4. The number of carbonyl (C=O) groups is 2. The van der Waals surface area contributed by atoms with Gasteiger partial charge in [0.25, 0.3) is 11.8 Å². The Morgan fingerprint density at radius 1 is 0.871 bits per heavy atom. The van der Waals surface area contributed by atoms with Crippen molar-refractivity contribution < 1.29 is 41.4 Å². The molecule has 366 valence electrons. The molecule has 6 aromatic rings. The Labute approximate surface area is 405 Å². The zero-order chi connectivity index (χ0) is 50.1. The number of amides is 2. The molecule has 0 saturated heterocycles. The lowest BCUT2D eigenvalue weighted by molar-refractivity contribution is 0.0831. The maximum Gasteiger partial charge on any atom is 0.347 e. The maximum atomic E-state index is 14.3. The van der Waals surface area contributed by atoms with Gasteiger partial charge in [0.2, 0.25) is 11.7 Å². The normalized spacial score (nSPS) is 15.0. The summed E-state index contributed by atoms with van der Waals surface area (Å²) in [6.07, 6.45) is 5.29. The number of nitrogens with two attached hydrogens (primary N) is 3. The number of nitrogens with zero attached hydrogens (tertiary/aromatic N) is 5. The molecule has 70 heavy (non-hydrogen) atoms. The van der Waals surface area contributed by atoms with Gasteiger partial charge in [-0.2, -0.15) is 13.4 Å². The first kappa shape index (κ1) is 48.6. The number of nitrogen functional groups attached to an aromatic ring is 2. The number of hydrogen-bond acceptors (Lipinski definition) is 16. The number of rotatable bonds is 18. The van der Waals surface area contributed by atoms with Crippen molar-refractivity contribution in [3.63, 3.8) is 0 Å². The lowest BCUT2D eigenvalue weighted by Gasteiger charge is -2.39. The fourth-order valence-electron chi connectivity index (χ4n) is 8.92. The van der Waals surface area contributed by atoms with E-state index in [0.29, 0.717) is 82.6 Å². The lowest BCUT2D eigenvalue weighted by Crippen LogP contribution is -2.51. The Kier molecular flexibility index (Phi) is 13.6. The molecule has 7 N–H and O–H groups in total. The molecule has 20 heteroatoms. The minimum absolute atomic E-state index is 0.0100. The molecular weight excluding hydrogens is 919 g/mol. The standard InChI is InChI=1S/C50H55N9O10S/c1-7-58(8-2)34-14-12-30-23-36(48(62)69-39(30)26-34)43-27-50(37-17-15-33(57(3)4)25-40(37)68-43)38-24-31(13-16-35(38)47(61)59(50)70(53,63)64)46(60)54-18-10-9-11-19-67-44-41(65-5)21-29(22-42(44)66-6)20-32-28-55-49(52)56-45(32)51/h12-17,21-28H,7-11,18-20H2,1-6H3,(H,54,60)(H2,53,63,64)(H4,51,52,55,56). The first-order chi connectivity index (χ1) is 33.5. The number of hydrogen-bond donors (Lipinski definition) is 4. The van der Waals surface area contributed by atoms with Crippen LogP contribution in [0.25, 0.3) is 16.7 Å². The molecule has 1 spiro atoms. The molecule has 19 nitrogen and oxygen atoms in total. The van der Waals surface area contributed by atoms with Gasteiger partial charge in [-0.3, -0.25) is 9.59 Å². The average Bonchev–Trinajstić information content (AvgIpc) is 3.58. The van der Waals surface area contributed by atoms with E-state index in [2.05, 4.69) is 20.2 Å². The van der Waals surface area contributed by atoms with Crippen LogP contribution in [-0.4, -0.2) is 89.1 Å². The van der Waals surface area contributed by atoms with Gasteiger partial charge in [-0.15, -0.1) is 0 Å². The summed E-state index contributed by atoms with van der Waals surface area (Å²) in [5.74, 6) is 0.436. The summed E-state index contributed by atoms with van der Waals surface area (Å²) in [4.78, 5) is 54.1. The summed E-state index contributed by atoms with van der Waals surface area (Å²) in [6, 6.07) is 20.2. The number of ether oxygens (including phenoxy) is 4. The molecular formula is C50H55N9O10S. The number of unbranched alkanes of at least 4 members (excludes halogenated alkanes) is 2. The fourth-order valence-corrected chi connectivity index (χ4v) is 9.90. The fraction of sp³-hybridized carbons (Fsp3) is 0.300. The van der Waals surface area contributed by atoms with Crippen LogP contribution in [-0.2, 0) is 22.2 Å². The Hall–Kier alpha value is -7.84. The highest BCUT2D eigenvalue weighted by Crippen LogP contribution is 2.54. The largest absolute Gasteiger partial charge is 0.493 e. The number of methoxy groups -OCH3 is 2. The predicted molar refractivity (Wildman–Crippen MR) is 267 cm³/mol. The number of anilines is 4. The van der Waals surface area contributed by atoms with Gasteiger partial charge in [0.1, 0.15) is 34.0 Å². The van der Waals surface area contributed by atoms with Gasteiger partial charge in [0, 0.05) is 103 Å². The molecule has 2 aliphatic rings. The van der Waals surface area contributed by atoms with Crippen molar-refractivity contribution >= 4 is 61.9 Å². The average molecular weight is 974 g/mol. The van der Waals surface area contributed by atoms with Crippen molar-refractivity contribution in [1.29, 1.82) is 0 Å². The quantitative estimate of drug-likeness (QED) is 0.0605. The van der Waals surface area contributed by atoms with E-state index in [0.717, 1.165) is 24.3 Å². The van der Waals surface area contributed by atoms with E-state index in [1.807, 2.05) is 57.1 Å². The Morgan fingerprint density at radius 2 is 1.60 bits per heavy atom. The second-order valence-corrected chi connectivity index (χ2v) is 18.4. The van der Waals surface area contributed by atoms with Crippen molar-refractivity contribution in [3.8, 4) is 23.0 Å². The van der Waals surface area contributed by atoms with Gasteiger partial charge in [-0.25, -0.2) is 19.2 Å². The first-order valence-electron chi connectivity index (χ1n) is 22.6. The molecule has 2 aliphatic heterocycles. The van der Waals surface area contributed by atoms with Crippen molar-refractivity contribution in [3.05, 3.63) is 134 Å². The van der Waals surface area contributed by atoms with Crippen LogP contribution in [0.1, 0.15) is 81.6 Å². The van der Waals surface area contributed by atoms with E-state index in [-0.39, 0.29) is 51.1 Å². The van der Waals surface area contributed by atoms with E-state index in [4.69, 9.17) is 40.0 Å². The first-order valence-corrected chi connectivity index (χ1v) is 24.1. The van der Waals surface area contributed by atoms with E-state index in [1.165, 1.54) is 38.5 Å². The SMILES string of the molecule is CCN(CC)c1ccc2cc(C3=CC4(c5ccc(N(C)C)cc5O3)c3cc(C(=O)NCCCCCOc5c(OC)cc(Cc6cnc(N)nc6N)cc5OC)ccc3C(=O)N4S(N)(=O)=O)c(=O)oc2c1. The van der Waals surface area contributed by atoms with Gasteiger partial charge in [0.15, 0.2) is 11.5 Å². The second kappa shape index (κ2) is 19.6. The van der Waals surface area contributed by atoms with Crippen LogP contribution < -0.4 is 56.3 Å².